The Bertz CT molecular complexity index is 1120. The van der Waals surface area contributed by atoms with E-state index in [1.165, 1.54) is 3.97 Å². The number of para-hydroxylation sites is 1. The molecule has 0 amide bonds. The smallest absolute Gasteiger partial charge is 0.268 e. The molecule has 0 N–H and O–H groups in total. The highest BCUT2D eigenvalue weighted by Crippen LogP contribution is 2.43. The second-order valence-electron chi connectivity index (χ2n) is 6.65. The van der Waals surface area contributed by atoms with E-state index in [2.05, 4.69) is 0 Å². The summed E-state index contributed by atoms with van der Waals surface area (Å²) in [4.78, 5) is 0.297. The van der Waals surface area contributed by atoms with Crippen LogP contribution < -0.4 is 0 Å². The second-order valence-corrected chi connectivity index (χ2v) is 8.43. The highest BCUT2D eigenvalue weighted by molar-refractivity contribution is 7.90. The first-order valence-electron chi connectivity index (χ1n) is 8.34. The zero-order valence-corrected chi connectivity index (χ0v) is 14.5. The first-order valence-corrected chi connectivity index (χ1v) is 9.78. The molecule has 5 heteroatoms. The Labute approximate surface area is 146 Å². The fourth-order valence-corrected chi connectivity index (χ4v) is 5.43. The van der Waals surface area contributed by atoms with Crippen LogP contribution in [0.5, 0.6) is 0 Å². The van der Waals surface area contributed by atoms with Crippen molar-refractivity contribution >= 4 is 20.9 Å². The van der Waals surface area contributed by atoms with Crippen LogP contribution in [0.2, 0.25) is 0 Å². The van der Waals surface area contributed by atoms with Crippen LogP contribution in [0.1, 0.15) is 22.9 Å². The number of nitrogens with zero attached hydrogens (tertiary/aromatic N) is 1. The Morgan fingerprint density at radius 2 is 1.80 bits per heavy atom. The lowest BCUT2D eigenvalue weighted by molar-refractivity contribution is 0.0456. The summed E-state index contributed by atoms with van der Waals surface area (Å²) in [6.07, 6.45) is 4.44. The van der Waals surface area contributed by atoms with Gasteiger partial charge in [-0.05, 0) is 30.7 Å². The van der Waals surface area contributed by atoms with Gasteiger partial charge in [0.05, 0.1) is 22.2 Å². The summed E-state index contributed by atoms with van der Waals surface area (Å²) in [6, 6.07) is 14.7. The number of ether oxygens (including phenoxy) is 1. The van der Waals surface area contributed by atoms with Crippen molar-refractivity contribution < 1.29 is 13.2 Å². The van der Waals surface area contributed by atoms with E-state index in [4.69, 9.17) is 4.74 Å². The predicted octanol–water partition coefficient (Wildman–Crippen LogP) is 3.74. The van der Waals surface area contributed by atoms with Crippen molar-refractivity contribution in [2.75, 3.05) is 0 Å². The molecule has 3 aromatic rings. The quantitative estimate of drug-likeness (QED) is 0.661. The van der Waals surface area contributed by atoms with Crippen molar-refractivity contribution in [2.24, 2.45) is 0 Å². The van der Waals surface area contributed by atoms with Crippen LogP contribution >= 0.6 is 0 Å². The average molecular weight is 351 g/mol. The van der Waals surface area contributed by atoms with Gasteiger partial charge in [0.15, 0.2) is 0 Å². The normalized spacial score (nSPS) is 21.6. The fraction of sp³-hybridized carbons (Fsp3) is 0.200. The van der Waals surface area contributed by atoms with Gasteiger partial charge in [-0.1, -0.05) is 48.0 Å². The van der Waals surface area contributed by atoms with Gasteiger partial charge >= 0.3 is 0 Å². The minimum Gasteiger partial charge on any atom is -0.360 e. The molecule has 0 spiro atoms. The van der Waals surface area contributed by atoms with Crippen LogP contribution in [0.3, 0.4) is 0 Å². The molecule has 25 heavy (non-hydrogen) atoms. The van der Waals surface area contributed by atoms with Gasteiger partial charge < -0.3 is 4.74 Å². The van der Waals surface area contributed by atoms with Gasteiger partial charge in [0.1, 0.15) is 6.10 Å². The van der Waals surface area contributed by atoms with Crippen LogP contribution in [0.25, 0.3) is 10.9 Å². The van der Waals surface area contributed by atoms with Crippen LogP contribution in [-0.2, 0) is 21.2 Å². The molecule has 126 valence electrons. The van der Waals surface area contributed by atoms with Crippen molar-refractivity contribution in [1.29, 1.82) is 0 Å². The predicted molar refractivity (Wildman–Crippen MR) is 96.2 cm³/mol. The molecule has 2 aromatic carbocycles. The van der Waals surface area contributed by atoms with Crippen LogP contribution in [0, 0.1) is 6.92 Å². The van der Waals surface area contributed by atoms with Crippen molar-refractivity contribution in [3.63, 3.8) is 0 Å². The van der Waals surface area contributed by atoms with E-state index in [0.29, 0.717) is 11.3 Å². The lowest BCUT2D eigenvalue weighted by Crippen LogP contribution is -2.23. The molecule has 0 fully saturated rings. The van der Waals surface area contributed by atoms with Crippen molar-refractivity contribution in [1.82, 2.24) is 3.97 Å². The highest BCUT2D eigenvalue weighted by atomic mass is 32.2. The third-order valence-corrected chi connectivity index (χ3v) is 6.77. The van der Waals surface area contributed by atoms with E-state index < -0.39 is 10.0 Å². The summed E-state index contributed by atoms with van der Waals surface area (Å²) in [6.45, 7) is 1.95. The van der Waals surface area contributed by atoms with Gasteiger partial charge in [-0.2, -0.15) is 0 Å². The second kappa shape index (κ2) is 5.07. The van der Waals surface area contributed by atoms with E-state index in [1.807, 2.05) is 55.5 Å². The van der Waals surface area contributed by atoms with Crippen molar-refractivity contribution in [3.8, 4) is 0 Å². The monoisotopic (exact) mass is 351 g/mol. The molecule has 2 aliphatic rings. The van der Waals surface area contributed by atoms with Crippen LogP contribution in [0.4, 0.5) is 0 Å². The largest absolute Gasteiger partial charge is 0.360 e. The summed E-state index contributed by atoms with van der Waals surface area (Å²) in [5.41, 5.74) is 3.57. The molecule has 1 aromatic heterocycles. The molecule has 0 saturated carbocycles. The zero-order valence-electron chi connectivity index (χ0n) is 13.7. The Hall–Kier alpha value is -2.37. The van der Waals surface area contributed by atoms with Crippen LogP contribution in [0.15, 0.2) is 65.6 Å². The molecule has 2 atom stereocenters. The van der Waals surface area contributed by atoms with Gasteiger partial charge in [0, 0.05) is 11.8 Å². The van der Waals surface area contributed by atoms with Gasteiger partial charge in [0.25, 0.3) is 10.0 Å². The highest BCUT2D eigenvalue weighted by Gasteiger charge is 2.37. The third-order valence-electron chi connectivity index (χ3n) is 5.03. The Morgan fingerprint density at radius 1 is 1.04 bits per heavy atom. The van der Waals surface area contributed by atoms with Gasteiger partial charge in [0.2, 0.25) is 0 Å². The lowest BCUT2D eigenvalue weighted by atomic mass is 10.0. The first-order chi connectivity index (χ1) is 12.1. The number of hydrogen-bond acceptors (Lipinski definition) is 3. The Balaban J connectivity index is 1.85. The number of hydrogen-bond donors (Lipinski definition) is 0. The minimum absolute atomic E-state index is 0.0406. The van der Waals surface area contributed by atoms with Gasteiger partial charge in [-0.3, -0.25) is 0 Å². The number of benzene rings is 2. The molecular formula is C20H17NO3S. The van der Waals surface area contributed by atoms with Gasteiger partial charge in [-0.25, -0.2) is 12.4 Å². The average Bonchev–Trinajstić information content (AvgIpc) is 3.16. The van der Waals surface area contributed by atoms with E-state index in [1.54, 1.807) is 12.1 Å². The number of aromatic nitrogens is 1. The van der Waals surface area contributed by atoms with E-state index >= 15 is 0 Å². The van der Waals surface area contributed by atoms with E-state index in [0.717, 1.165) is 27.7 Å². The number of rotatable bonds is 2. The van der Waals surface area contributed by atoms with Crippen molar-refractivity contribution in [3.05, 3.63) is 77.5 Å². The Kier molecular flexibility index (Phi) is 3.03. The summed E-state index contributed by atoms with van der Waals surface area (Å²) in [5, 5.41) is 0.996. The number of aryl methyl sites for hydroxylation is 1. The molecule has 0 saturated heterocycles. The maximum atomic E-state index is 13.5. The molecule has 0 radical (unpaired) electrons. The summed E-state index contributed by atoms with van der Waals surface area (Å²) >= 11 is 0. The maximum absolute atomic E-state index is 13.5. The SMILES string of the molecule is Cc1ccc(S(=O)(=O)n2c3c(c4ccccc42)C[C@@H]2C=C[C@H]3O2)cc1. The topological polar surface area (TPSA) is 48.3 Å². The molecule has 5 rings (SSSR count). The minimum atomic E-state index is -3.70. The number of fused-ring (bicyclic) bond motifs is 6. The third kappa shape index (κ3) is 2.06. The lowest BCUT2D eigenvalue weighted by Gasteiger charge is -2.23. The summed E-state index contributed by atoms with van der Waals surface area (Å²) in [5.74, 6) is 0. The molecule has 4 nitrogen and oxygen atoms in total. The molecular weight excluding hydrogens is 334 g/mol. The molecule has 2 bridgehead atoms. The molecule has 0 unspecified atom stereocenters. The van der Waals surface area contributed by atoms with Gasteiger partial charge in [-0.15, -0.1) is 0 Å². The molecule has 2 aliphatic heterocycles. The maximum Gasteiger partial charge on any atom is 0.268 e. The zero-order chi connectivity index (χ0) is 17.2. The summed E-state index contributed by atoms with van der Waals surface area (Å²) in [7, 11) is -3.70. The molecule has 3 heterocycles. The Morgan fingerprint density at radius 3 is 2.60 bits per heavy atom. The standard InChI is InChI=1S/C20H17NO3S/c1-13-6-9-15(10-7-13)25(22,23)21-18-5-3-2-4-16(18)17-12-14-8-11-19(24-14)20(17)21/h2-11,14,19H,12H2,1H3/t14-,19+/m0/s1. The van der Waals surface area contributed by atoms with Crippen molar-refractivity contribution in [2.45, 2.75) is 30.4 Å². The molecule has 0 aliphatic carbocycles. The summed E-state index contributed by atoms with van der Waals surface area (Å²) < 4.78 is 34.3. The van der Waals surface area contributed by atoms with E-state index in [-0.39, 0.29) is 12.2 Å². The fourth-order valence-electron chi connectivity index (χ4n) is 3.85. The van der Waals surface area contributed by atoms with Crippen LogP contribution in [-0.4, -0.2) is 18.5 Å². The van der Waals surface area contributed by atoms with E-state index in [9.17, 15) is 8.42 Å². The first kappa shape index (κ1) is 14.9.